The summed E-state index contributed by atoms with van der Waals surface area (Å²) in [5, 5.41) is 3.27. The van der Waals surface area contributed by atoms with Crippen molar-refractivity contribution in [2.24, 2.45) is 0 Å². The van der Waals surface area contributed by atoms with Crippen molar-refractivity contribution in [1.82, 2.24) is 5.32 Å². The fraction of sp³-hybridized carbons (Fsp3) is 0.333. The maximum absolute atomic E-state index is 12.5. The Morgan fingerprint density at radius 1 is 1.36 bits per heavy atom. The van der Waals surface area contributed by atoms with E-state index in [-0.39, 0.29) is 5.82 Å². The van der Waals surface area contributed by atoms with Crippen LogP contribution in [0, 0.1) is 5.82 Å². The van der Waals surface area contributed by atoms with E-state index in [1.54, 1.807) is 12.1 Å². The molecule has 1 aromatic rings. The fourth-order valence-electron chi connectivity index (χ4n) is 1.14. The second-order valence-corrected chi connectivity index (χ2v) is 3.51. The van der Waals surface area contributed by atoms with Crippen LogP contribution in [0.25, 0.3) is 0 Å². The molecular formula is C12H16FN. The zero-order valence-electron chi connectivity index (χ0n) is 8.52. The average Bonchev–Trinajstić information content (AvgIpc) is 2.15. The van der Waals surface area contributed by atoms with Gasteiger partial charge in [0, 0.05) is 6.54 Å². The summed E-state index contributed by atoms with van der Waals surface area (Å²) in [5.74, 6) is -0.185. The van der Waals surface area contributed by atoms with Crippen LogP contribution in [0.1, 0.15) is 18.9 Å². The highest BCUT2D eigenvalue weighted by Crippen LogP contribution is 2.02. The lowest BCUT2D eigenvalue weighted by Crippen LogP contribution is -2.14. The number of hydrogen-bond donors (Lipinski definition) is 1. The number of rotatable bonds is 5. The summed E-state index contributed by atoms with van der Waals surface area (Å²) in [6, 6.07) is 6.55. The van der Waals surface area contributed by atoms with E-state index in [0.29, 0.717) is 0 Å². The first-order valence-electron chi connectivity index (χ1n) is 4.78. The van der Waals surface area contributed by atoms with Crippen molar-refractivity contribution >= 4 is 0 Å². The molecule has 0 aliphatic carbocycles. The van der Waals surface area contributed by atoms with Gasteiger partial charge in [-0.2, -0.15) is 0 Å². The van der Waals surface area contributed by atoms with Gasteiger partial charge in [0.25, 0.3) is 0 Å². The molecule has 0 saturated heterocycles. The lowest BCUT2D eigenvalue weighted by Gasteiger charge is -2.04. The number of hydrogen-bond acceptors (Lipinski definition) is 1. The molecule has 0 aliphatic rings. The molecule has 0 fully saturated rings. The average molecular weight is 193 g/mol. The van der Waals surface area contributed by atoms with Crippen LogP contribution in [0.4, 0.5) is 4.39 Å². The SMILES string of the molecule is C=C(C)CCNCc1ccc(F)cc1. The van der Waals surface area contributed by atoms with Gasteiger partial charge in [-0.3, -0.25) is 0 Å². The molecule has 1 nitrogen and oxygen atoms in total. The van der Waals surface area contributed by atoms with Crippen molar-refractivity contribution < 1.29 is 4.39 Å². The first-order chi connectivity index (χ1) is 6.68. The first-order valence-corrected chi connectivity index (χ1v) is 4.78. The molecule has 1 N–H and O–H groups in total. The molecule has 0 heterocycles. The van der Waals surface area contributed by atoms with Crippen molar-refractivity contribution in [2.45, 2.75) is 19.9 Å². The highest BCUT2D eigenvalue weighted by molar-refractivity contribution is 5.15. The molecule has 0 saturated carbocycles. The summed E-state index contributed by atoms with van der Waals surface area (Å²) in [6.07, 6.45) is 0.987. The fourth-order valence-corrected chi connectivity index (χ4v) is 1.14. The topological polar surface area (TPSA) is 12.0 Å². The van der Waals surface area contributed by atoms with Gasteiger partial charge in [-0.25, -0.2) is 4.39 Å². The third kappa shape index (κ3) is 4.19. The highest BCUT2D eigenvalue weighted by Gasteiger charge is 1.93. The van der Waals surface area contributed by atoms with Crippen LogP contribution in [0.3, 0.4) is 0 Å². The predicted molar refractivity (Wildman–Crippen MR) is 57.5 cm³/mol. The zero-order chi connectivity index (χ0) is 10.4. The Balaban J connectivity index is 2.25. The number of nitrogens with one attached hydrogen (secondary N) is 1. The smallest absolute Gasteiger partial charge is 0.123 e. The molecule has 0 atom stereocenters. The van der Waals surface area contributed by atoms with Gasteiger partial charge in [0.15, 0.2) is 0 Å². The Kier molecular flexibility index (Phi) is 4.33. The summed E-state index contributed by atoms with van der Waals surface area (Å²) >= 11 is 0. The molecule has 1 aromatic carbocycles. The van der Waals surface area contributed by atoms with E-state index >= 15 is 0 Å². The normalized spacial score (nSPS) is 10.1. The van der Waals surface area contributed by atoms with Crippen molar-refractivity contribution in [2.75, 3.05) is 6.54 Å². The maximum Gasteiger partial charge on any atom is 0.123 e. The minimum Gasteiger partial charge on any atom is -0.312 e. The van der Waals surface area contributed by atoms with Crippen LogP contribution in [0.5, 0.6) is 0 Å². The molecule has 0 aliphatic heterocycles. The van der Waals surface area contributed by atoms with E-state index < -0.39 is 0 Å². The second kappa shape index (κ2) is 5.55. The largest absolute Gasteiger partial charge is 0.312 e. The molecular weight excluding hydrogens is 177 g/mol. The van der Waals surface area contributed by atoms with E-state index in [0.717, 1.165) is 25.1 Å². The van der Waals surface area contributed by atoms with Crippen LogP contribution in [0.15, 0.2) is 36.4 Å². The summed E-state index contributed by atoms with van der Waals surface area (Å²) < 4.78 is 12.5. The van der Waals surface area contributed by atoms with Crippen LogP contribution < -0.4 is 5.32 Å². The summed E-state index contributed by atoms with van der Waals surface area (Å²) in [5.41, 5.74) is 2.28. The van der Waals surface area contributed by atoms with E-state index in [4.69, 9.17) is 0 Å². The van der Waals surface area contributed by atoms with Gasteiger partial charge in [-0.05, 0) is 37.6 Å². The van der Waals surface area contributed by atoms with Gasteiger partial charge >= 0.3 is 0 Å². The summed E-state index contributed by atoms with van der Waals surface area (Å²) in [4.78, 5) is 0. The molecule has 0 bridgehead atoms. The van der Waals surface area contributed by atoms with Gasteiger partial charge < -0.3 is 5.32 Å². The Morgan fingerprint density at radius 2 is 2.00 bits per heavy atom. The van der Waals surface area contributed by atoms with Gasteiger partial charge in [-0.15, -0.1) is 6.58 Å². The predicted octanol–water partition coefficient (Wildman–Crippen LogP) is 2.88. The van der Waals surface area contributed by atoms with Crippen LogP contribution in [-0.4, -0.2) is 6.54 Å². The van der Waals surface area contributed by atoms with Crippen molar-refractivity contribution in [1.29, 1.82) is 0 Å². The van der Waals surface area contributed by atoms with Gasteiger partial charge in [-0.1, -0.05) is 17.7 Å². The molecule has 76 valence electrons. The lowest BCUT2D eigenvalue weighted by atomic mass is 10.2. The Bertz CT molecular complexity index is 290. The van der Waals surface area contributed by atoms with E-state index in [9.17, 15) is 4.39 Å². The maximum atomic E-state index is 12.5. The van der Waals surface area contributed by atoms with Crippen molar-refractivity contribution in [3.8, 4) is 0 Å². The second-order valence-electron chi connectivity index (χ2n) is 3.51. The Hall–Kier alpha value is -1.15. The Morgan fingerprint density at radius 3 is 2.57 bits per heavy atom. The summed E-state index contributed by atoms with van der Waals surface area (Å²) in [6.45, 7) is 7.54. The van der Waals surface area contributed by atoms with Crippen LogP contribution in [-0.2, 0) is 6.54 Å². The summed E-state index contributed by atoms with van der Waals surface area (Å²) in [7, 11) is 0. The standard InChI is InChI=1S/C12H16FN/c1-10(2)7-8-14-9-11-3-5-12(13)6-4-11/h3-6,14H,1,7-9H2,2H3. The molecule has 0 aromatic heterocycles. The van der Waals surface area contributed by atoms with Crippen LogP contribution in [0.2, 0.25) is 0 Å². The zero-order valence-corrected chi connectivity index (χ0v) is 8.52. The van der Waals surface area contributed by atoms with Crippen LogP contribution >= 0.6 is 0 Å². The molecule has 2 heteroatoms. The highest BCUT2D eigenvalue weighted by atomic mass is 19.1. The third-order valence-corrected chi connectivity index (χ3v) is 1.97. The van der Waals surface area contributed by atoms with Crippen molar-refractivity contribution in [3.63, 3.8) is 0 Å². The minimum atomic E-state index is -0.185. The van der Waals surface area contributed by atoms with Crippen molar-refractivity contribution in [3.05, 3.63) is 47.8 Å². The van der Waals surface area contributed by atoms with E-state index in [1.165, 1.54) is 17.7 Å². The molecule has 0 spiro atoms. The monoisotopic (exact) mass is 193 g/mol. The Labute approximate surface area is 84.6 Å². The minimum absolute atomic E-state index is 0.185. The molecule has 0 amide bonds. The van der Waals surface area contributed by atoms with Gasteiger partial charge in [0.1, 0.15) is 5.82 Å². The molecule has 0 radical (unpaired) electrons. The first kappa shape index (κ1) is 10.9. The van der Waals surface area contributed by atoms with Gasteiger partial charge in [0.05, 0.1) is 0 Å². The van der Waals surface area contributed by atoms with E-state index in [1.807, 2.05) is 6.92 Å². The third-order valence-electron chi connectivity index (χ3n) is 1.97. The molecule has 14 heavy (non-hydrogen) atoms. The quantitative estimate of drug-likeness (QED) is 0.560. The molecule has 0 unspecified atom stereocenters. The number of halogens is 1. The molecule has 1 rings (SSSR count). The van der Waals surface area contributed by atoms with Gasteiger partial charge in [0.2, 0.25) is 0 Å². The van der Waals surface area contributed by atoms with E-state index in [2.05, 4.69) is 11.9 Å². The number of benzene rings is 1. The lowest BCUT2D eigenvalue weighted by molar-refractivity contribution is 0.625.